The van der Waals surface area contributed by atoms with Gasteiger partial charge in [-0.1, -0.05) is 6.08 Å². The van der Waals surface area contributed by atoms with Gasteiger partial charge in [-0.25, -0.2) is 4.79 Å². The zero-order chi connectivity index (χ0) is 11.3. The molecule has 4 nitrogen and oxygen atoms in total. The molecule has 1 saturated heterocycles. The smallest absolute Gasteiger partial charge is 0.329 e. The molecule has 1 N–H and O–H groups in total. The van der Waals surface area contributed by atoms with Crippen LogP contribution in [0.4, 0.5) is 0 Å². The van der Waals surface area contributed by atoms with Crippen molar-refractivity contribution in [3.63, 3.8) is 0 Å². The van der Waals surface area contributed by atoms with Crippen LogP contribution >= 0.6 is 0 Å². The maximum atomic E-state index is 10.3. The number of likely N-dealkylation sites (tertiary alicyclic amines) is 1. The van der Waals surface area contributed by atoms with Gasteiger partial charge in [-0.15, -0.1) is 6.58 Å². The predicted octanol–water partition coefficient (Wildman–Crippen LogP) is 1.13. The molecule has 4 heteroatoms. The summed E-state index contributed by atoms with van der Waals surface area (Å²) in [6, 6.07) is 0.394. The minimum Gasteiger partial charge on any atom is -0.480 e. The first-order chi connectivity index (χ1) is 7.13. The molecule has 1 aliphatic rings. The molecule has 1 aliphatic heterocycles. The van der Waals surface area contributed by atoms with Gasteiger partial charge < -0.3 is 9.84 Å². The summed E-state index contributed by atoms with van der Waals surface area (Å²) >= 11 is 0. The second-order valence-electron chi connectivity index (χ2n) is 3.92. The third kappa shape index (κ3) is 4.01. The largest absolute Gasteiger partial charge is 0.480 e. The first-order valence-electron chi connectivity index (χ1n) is 5.33. The molecule has 0 radical (unpaired) electrons. The van der Waals surface area contributed by atoms with Crippen LogP contribution in [0.3, 0.4) is 0 Å². The number of carboxylic acids is 1. The quantitative estimate of drug-likeness (QED) is 0.695. The number of hydrogen-bond acceptors (Lipinski definition) is 3. The van der Waals surface area contributed by atoms with E-state index in [1.165, 1.54) is 0 Å². The Hall–Kier alpha value is -0.870. The van der Waals surface area contributed by atoms with Crippen molar-refractivity contribution in [2.45, 2.75) is 31.9 Å². The molecule has 0 amide bonds. The molecule has 1 unspecified atom stereocenters. The van der Waals surface area contributed by atoms with E-state index in [4.69, 9.17) is 9.84 Å². The van der Waals surface area contributed by atoms with Crippen LogP contribution in [0, 0.1) is 0 Å². The molecule has 1 rings (SSSR count). The van der Waals surface area contributed by atoms with E-state index < -0.39 is 5.97 Å². The number of carboxylic acid groups (broad SMARTS) is 1. The van der Waals surface area contributed by atoms with Gasteiger partial charge in [0.05, 0.1) is 6.10 Å². The second-order valence-corrected chi connectivity index (χ2v) is 3.92. The Morgan fingerprint density at radius 1 is 1.67 bits per heavy atom. The van der Waals surface area contributed by atoms with Crippen LogP contribution in [0.5, 0.6) is 0 Å². The molecule has 0 spiro atoms. The minimum atomic E-state index is -0.892. The molecule has 0 saturated carbocycles. The minimum absolute atomic E-state index is 0.106. The van der Waals surface area contributed by atoms with Crippen molar-refractivity contribution < 1.29 is 14.6 Å². The van der Waals surface area contributed by atoms with Gasteiger partial charge in [0.2, 0.25) is 0 Å². The Kier molecular flexibility index (Phi) is 4.78. The van der Waals surface area contributed by atoms with Crippen LogP contribution in [-0.2, 0) is 9.53 Å². The van der Waals surface area contributed by atoms with Gasteiger partial charge in [-0.3, -0.25) is 4.90 Å². The summed E-state index contributed by atoms with van der Waals surface area (Å²) in [4.78, 5) is 12.6. The Balaban J connectivity index is 2.23. The summed E-state index contributed by atoms with van der Waals surface area (Å²) in [5.41, 5.74) is 0. The van der Waals surface area contributed by atoms with Crippen molar-refractivity contribution in [3.05, 3.63) is 12.7 Å². The lowest BCUT2D eigenvalue weighted by Crippen LogP contribution is -2.41. The summed E-state index contributed by atoms with van der Waals surface area (Å²) in [5, 5.41) is 8.47. The van der Waals surface area contributed by atoms with Gasteiger partial charge in [0, 0.05) is 19.1 Å². The average Bonchev–Trinajstić information content (AvgIpc) is 2.26. The van der Waals surface area contributed by atoms with E-state index in [0.29, 0.717) is 6.04 Å². The number of rotatable bonds is 5. The highest BCUT2D eigenvalue weighted by atomic mass is 16.5. The topological polar surface area (TPSA) is 49.8 Å². The second kappa shape index (κ2) is 5.88. The van der Waals surface area contributed by atoms with E-state index in [0.717, 1.165) is 25.9 Å². The molecule has 0 aromatic rings. The van der Waals surface area contributed by atoms with Crippen LogP contribution in [0.2, 0.25) is 0 Å². The van der Waals surface area contributed by atoms with Crippen LogP contribution in [0.15, 0.2) is 12.7 Å². The van der Waals surface area contributed by atoms with Gasteiger partial charge in [0.15, 0.2) is 0 Å². The number of hydrogen-bond donors (Lipinski definition) is 1. The normalized spacial score (nSPS) is 21.1. The molecule has 15 heavy (non-hydrogen) atoms. The standard InChI is InChI=1S/C11H19NO3/c1-3-9(2)12-6-4-10(5-7-12)15-8-11(13)14/h3,9-10H,1,4-8H2,2H3,(H,13,14). The van der Waals surface area contributed by atoms with Crippen LogP contribution in [0.25, 0.3) is 0 Å². The monoisotopic (exact) mass is 213 g/mol. The molecule has 0 aliphatic carbocycles. The molecule has 1 atom stereocenters. The Labute approximate surface area is 90.5 Å². The molecular weight excluding hydrogens is 194 g/mol. The van der Waals surface area contributed by atoms with Crippen LogP contribution < -0.4 is 0 Å². The van der Waals surface area contributed by atoms with Gasteiger partial charge >= 0.3 is 5.97 Å². The lowest BCUT2D eigenvalue weighted by Gasteiger charge is -2.34. The molecule has 1 fully saturated rings. The highest BCUT2D eigenvalue weighted by Gasteiger charge is 2.22. The van der Waals surface area contributed by atoms with E-state index in [9.17, 15) is 4.79 Å². The number of nitrogens with zero attached hydrogens (tertiary/aromatic N) is 1. The zero-order valence-electron chi connectivity index (χ0n) is 9.19. The van der Waals surface area contributed by atoms with Crippen molar-refractivity contribution >= 4 is 5.97 Å². The SMILES string of the molecule is C=CC(C)N1CCC(OCC(=O)O)CC1. The number of piperidine rings is 1. The first-order valence-corrected chi connectivity index (χ1v) is 5.33. The van der Waals surface area contributed by atoms with Crippen LogP contribution in [-0.4, -0.2) is 47.8 Å². The van der Waals surface area contributed by atoms with Gasteiger partial charge in [0.1, 0.15) is 6.61 Å². The number of ether oxygens (including phenoxy) is 1. The molecule has 0 aromatic heterocycles. The summed E-state index contributed by atoms with van der Waals surface area (Å²) in [6.45, 7) is 7.61. The molecule has 0 aromatic carbocycles. The lowest BCUT2D eigenvalue weighted by molar-refractivity contribution is -0.145. The van der Waals surface area contributed by atoms with E-state index >= 15 is 0 Å². The van der Waals surface area contributed by atoms with Crippen molar-refractivity contribution in [1.82, 2.24) is 4.90 Å². The predicted molar refractivity (Wildman–Crippen MR) is 57.8 cm³/mol. The third-order valence-electron chi connectivity index (χ3n) is 2.84. The fourth-order valence-corrected chi connectivity index (χ4v) is 1.79. The first kappa shape index (κ1) is 12.2. The van der Waals surface area contributed by atoms with Gasteiger partial charge in [-0.05, 0) is 19.8 Å². The summed E-state index contributed by atoms with van der Waals surface area (Å²) in [6.07, 6.45) is 3.85. The average molecular weight is 213 g/mol. The fourth-order valence-electron chi connectivity index (χ4n) is 1.79. The Bertz CT molecular complexity index is 222. The summed E-state index contributed by atoms with van der Waals surface area (Å²) in [7, 11) is 0. The highest BCUT2D eigenvalue weighted by molar-refractivity contribution is 5.68. The summed E-state index contributed by atoms with van der Waals surface area (Å²) < 4.78 is 5.25. The van der Waals surface area contributed by atoms with E-state index in [1.54, 1.807) is 0 Å². The maximum Gasteiger partial charge on any atom is 0.329 e. The van der Waals surface area contributed by atoms with Gasteiger partial charge in [-0.2, -0.15) is 0 Å². The van der Waals surface area contributed by atoms with Crippen molar-refractivity contribution in [2.24, 2.45) is 0 Å². The third-order valence-corrected chi connectivity index (χ3v) is 2.84. The van der Waals surface area contributed by atoms with Crippen LogP contribution in [0.1, 0.15) is 19.8 Å². The van der Waals surface area contributed by atoms with Gasteiger partial charge in [0.25, 0.3) is 0 Å². The van der Waals surface area contributed by atoms with Crippen molar-refractivity contribution in [2.75, 3.05) is 19.7 Å². The Morgan fingerprint density at radius 2 is 2.27 bits per heavy atom. The number of carbonyl (C=O) groups is 1. The lowest BCUT2D eigenvalue weighted by atomic mass is 10.1. The van der Waals surface area contributed by atoms with E-state index in [1.807, 2.05) is 6.08 Å². The van der Waals surface area contributed by atoms with Crippen molar-refractivity contribution in [1.29, 1.82) is 0 Å². The molecule has 1 heterocycles. The Morgan fingerprint density at radius 3 is 2.73 bits per heavy atom. The molecular formula is C11H19NO3. The van der Waals surface area contributed by atoms with E-state index in [2.05, 4.69) is 18.4 Å². The number of aliphatic carboxylic acids is 1. The zero-order valence-corrected chi connectivity index (χ0v) is 9.19. The summed E-state index contributed by atoms with van der Waals surface area (Å²) in [5.74, 6) is -0.892. The highest BCUT2D eigenvalue weighted by Crippen LogP contribution is 2.16. The maximum absolute atomic E-state index is 10.3. The van der Waals surface area contributed by atoms with Crippen molar-refractivity contribution in [3.8, 4) is 0 Å². The van der Waals surface area contributed by atoms with E-state index in [-0.39, 0.29) is 12.7 Å². The fraction of sp³-hybridized carbons (Fsp3) is 0.727. The molecule has 0 bridgehead atoms. The molecule has 86 valence electrons.